The maximum atomic E-state index is 15.4. The number of amides is 5. The molecule has 0 saturated carbocycles. The Morgan fingerprint density at radius 3 is 2.55 bits per heavy atom. The highest BCUT2D eigenvalue weighted by Gasteiger charge is 2.60. The van der Waals surface area contributed by atoms with Gasteiger partial charge in [0.1, 0.15) is 11.9 Å². The topological polar surface area (TPSA) is 154 Å². The van der Waals surface area contributed by atoms with Gasteiger partial charge in [-0.25, -0.2) is 27.1 Å². The number of nitrogens with one attached hydrogen (secondary N) is 3. The van der Waals surface area contributed by atoms with E-state index < -0.39 is 57.3 Å². The highest BCUT2D eigenvalue weighted by atomic mass is 32.2. The molecule has 40 heavy (non-hydrogen) atoms. The SMILES string of the molecule is CS(=O)(=O)NC[C@H]1CN(c2ccc(-c3ccc4c(c3)CC3(C(=O)NC(=O)NC3=O)C3CCCN43)c(F)c2)C(=O)O1. The Labute approximate surface area is 228 Å². The second-order valence-corrected chi connectivity index (χ2v) is 12.3. The van der Waals surface area contributed by atoms with Gasteiger partial charge in [0, 0.05) is 24.3 Å². The van der Waals surface area contributed by atoms with Crippen LogP contribution in [0.2, 0.25) is 0 Å². The molecule has 210 valence electrons. The van der Waals surface area contributed by atoms with E-state index in [0.29, 0.717) is 24.1 Å². The first kappa shape index (κ1) is 26.2. The predicted octanol–water partition coefficient (Wildman–Crippen LogP) is 1.24. The van der Waals surface area contributed by atoms with Crippen LogP contribution in [-0.4, -0.2) is 70.4 Å². The Morgan fingerprint density at radius 1 is 1.10 bits per heavy atom. The number of barbiturate groups is 1. The molecule has 2 atom stereocenters. The second kappa shape index (κ2) is 9.27. The Kier molecular flexibility index (Phi) is 6.07. The highest BCUT2D eigenvalue weighted by molar-refractivity contribution is 7.88. The quantitative estimate of drug-likeness (QED) is 0.453. The van der Waals surface area contributed by atoms with Gasteiger partial charge < -0.3 is 9.64 Å². The van der Waals surface area contributed by atoms with Gasteiger partial charge in [-0.1, -0.05) is 6.07 Å². The molecule has 5 amide bonds. The fourth-order valence-corrected chi connectivity index (χ4v) is 6.66. The van der Waals surface area contributed by atoms with Crippen LogP contribution in [0.3, 0.4) is 0 Å². The number of carbonyl (C=O) groups is 4. The van der Waals surface area contributed by atoms with Crippen molar-refractivity contribution in [2.75, 3.05) is 35.7 Å². The summed E-state index contributed by atoms with van der Waals surface area (Å²) in [5, 5.41) is 4.50. The van der Waals surface area contributed by atoms with Crippen molar-refractivity contribution in [1.82, 2.24) is 15.4 Å². The first-order chi connectivity index (χ1) is 19.0. The van der Waals surface area contributed by atoms with Crippen LogP contribution < -0.4 is 25.2 Å². The van der Waals surface area contributed by atoms with Crippen LogP contribution >= 0.6 is 0 Å². The molecular weight excluding hydrogens is 545 g/mol. The van der Waals surface area contributed by atoms with Gasteiger partial charge in [0.25, 0.3) is 0 Å². The maximum Gasteiger partial charge on any atom is 0.414 e. The van der Waals surface area contributed by atoms with E-state index in [-0.39, 0.29) is 30.8 Å². The molecule has 0 aliphatic carbocycles. The average Bonchev–Trinajstić information content (AvgIpc) is 3.52. The minimum absolute atomic E-state index is 0.0463. The summed E-state index contributed by atoms with van der Waals surface area (Å²) in [4.78, 5) is 53.6. The lowest BCUT2D eigenvalue weighted by molar-refractivity contribution is -0.146. The number of benzene rings is 2. The number of sulfonamides is 1. The highest BCUT2D eigenvalue weighted by Crippen LogP contribution is 2.48. The van der Waals surface area contributed by atoms with E-state index in [4.69, 9.17) is 4.74 Å². The second-order valence-electron chi connectivity index (χ2n) is 10.5. The number of carbonyl (C=O) groups excluding carboxylic acids is 4. The number of hydrogen-bond acceptors (Lipinski definition) is 8. The Morgan fingerprint density at radius 2 is 1.85 bits per heavy atom. The van der Waals surface area contributed by atoms with Crippen molar-refractivity contribution in [3.05, 3.63) is 47.8 Å². The minimum Gasteiger partial charge on any atom is -0.443 e. The number of urea groups is 1. The first-order valence-corrected chi connectivity index (χ1v) is 14.6. The van der Waals surface area contributed by atoms with Crippen LogP contribution in [-0.2, 0) is 30.8 Å². The van der Waals surface area contributed by atoms with Crippen LogP contribution in [0.4, 0.5) is 25.4 Å². The summed E-state index contributed by atoms with van der Waals surface area (Å²) in [5.41, 5.74) is 1.09. The number of halogens is 1. The van der Waals surface area contributed by atoms with Crippen LogP contribution in [0.5, 0.6) is 0 Å². The number of fused-ring (bicyclic) bond motifs is 4. The minimum atomic E-state index is -3.47. The summed E-state index contributed by atoms with van der Waals surface area (Å²) in [5.74, 6) is -1.87. The molecule has 3 saturated heterocycles. The standard InChI is InChI=1S/C26H26FN5O7S/c1-40(37,38)28-12-17-13-32(25(36)39-17)16-5-6-18(19(27)10-16)14-4-7-20-15(9-14)11-26(21-3-2-8-31(20)21)22(33)29-24(35)30-23(26)34/h4-7,9-10,17,21,28H,2-3,8,11-13H2,1H3,(H2,29,30,33,34,35)/t17-,21?/m0/s1. The van der Waals surface area contributed by atoms with Crippen LogP contribution in [0.15, 0.2) is 36.4 Å². The molecule has 2 aromatic carbocycles. The Hall–Kier alpha value is -4.04. The molecule has 1 unspecified atom stereocenters. The van der Waals surface area contributed by atoms with Crippen molar-refractivity contribution in [1.29, 1.82) is 0 Å². The molecule has 2 aromatic rings. The van der Waals surface area contributed by atoms with E-state index in [2.05, 4.69) is 15.4 Å². The lowest BCUT2D eigenvalue weighted by Gasteiger charge is -2.47. The van der Waals surface area contributed by atoms with E-state index in [1.165, 1.54) is 17.0 Å². The summed E-state index contributed by atoms with van der Waals surface area (Å²) in [6.45, 7) is 0.591. The zero-order valence-electron chi connectivity index (χ0n) is 21.4. The molecule has 3 N–H and O–H groups in total. The van der Waals surface area contributed by atoms with E-state index in [0.717, 1.165) is 18.4 Å². The largest absolute Gasteiger partial charge is 0.443 e. The Bertz CT molecular complexity index is 1560. The van der Waals surface area contributed by atoms with Gasteiger partial charge in [-0.3, -0.25) is 25.1 Å². The van der Waals surface area contributed by atoms with Gasteiger partial charge in [-0.2, -0.15) is 0 Å². The van der Waals surface area contributed by atoms with Crippen molar-refractivity contribution in [3.63, 3.8) is 0 Å². The van der Waals surface area contributed by atoms with Gasteiger partial charge in [0.15, 0.2) is 5.41 Å². The molecule has 6 rings (SSSR count). The third-order valence-electron chi connectivity index (χ3n) is 7.97. The molecule has 1 spiro atoms. The smallest absolute Gasteiger partial charge is 0.414 e. The molecule has 12 nitrogen and oxygen atoms in total. The van der Waals surface area contributed by atoms with Crippen molar-refractivity contribution >= 4 is 45.3 Å². The van der Waals surface area contributed by atoms with Crippen LogP contribution in [0.1, 0.15) is 18.4 Å². The maximum absolute atomic E-state index is 15.4. The third kappa shape index (κ3) is 4.27. The van der Waals surface area contributed by atoms with E-state index >= 15 is 4.39 Å². The summed E-state index contributed by atoms with van der Waals surface area (Å²) in [6, 6.07) is 8.43. The summed E-state index contributed by atoms with van der Waals surface area (Å²) in [6.07, 6.45) is 1.02. The molecule has 0 radical (unpaired) electrons. The fraction of sp³-hybridized carbons (Fsp3) is 0.385. The zero-order chi connectivity index (χ0) is 28.4. The van der Waals surface area contributed by atoms with E-state index in [1.807, 2.05) is 11.0 Å². The number of anilines is 2. The summed E-state index contributed by atoms with van der Waals surface area (Å²) >= 11 is 0. The average molecular weight is 572 g/mol. The fourth-order valence-electron chi connectivity index (χ4n) is 6.18. The van der Waals surface area contributed by atoms with Crippen molar-refractivity contribution < 1.29 is 36.7 Å². The number of hydrogen-bond donors (Lipinski definition) is 3. The number of rotatable bonds is 5. The van der Waals surface area contributed by atoms with Gasteiger partial charge in [0.2, 0.25) is 21.8 Å². The van der Waals surface area contributed by atoms with Crippen molar-refractivity contribution in [2.24, 2.45) is 5.41 Å². The van der Waals surface area contributed by atoms with Crippen molar-refractivity contribution in [2.45, 2.75) is 31.4 Å². The number of cyclic esters (lactones) is 1. The monoisotopic (exact) mass is 571 g/mol. The van der Waals surface area contributed by atoms with E-state index in [1.54, 1.807) is 18.2 Å². The molecular formula is C26H26FN5O7S. The summed E-state index contributed by atoms with van der Waals surface area (Å²) < 4.78 is 45.6. The van der Waals surface area contributed by atoms with E-state index in [9.17, 15) is 27.6 Å². The van der Waals surface area contributed by atoms with Crippen LogP contribution in [0.25, 0.3) is 11.1 Å². The number of nitrogens with zero attached hydrogens (tertiary/aromatic N) is 2. The molecule has 14 heteroatoms. The Balaban J connectivity index is 1.29. The molecule has 4 heterocycles. The van der Waals surface area contributed by atoms with Gasteiger partial charge in [-0.05, 0) is 60.7 Å². The lowest BCUT2D eigenvalue weighted by atomic mass is 9.68. The third-order valence-corrected chi connectivity index (χ3v) is 8.66. The van der Waals surface area contributed by atoms with Crippen molar-refractivity contribution in [3.8, 4) is 11.1 Å². The molecule has 4 aliphatic heterocycles. The molecule has 3 fully saturated rings. The number of ether oxygens (including phenoxy) is 1. The predicted molar refractivity (Wildman–Crippen MR) is 140 cm³/mol. The summed E-state index contributed by atoms with van der Waals surface area (Å²) in [7, 11) is -3.47. The molecule has 4 aliphatic rings. The van der Waals surface area contributed by atoms with Gasteiger partial charge in [-0.15, -0.1) is 0 Å². The molecule has 0 aromatic heterocycles. The van der Waals surface area contributed by atoms with Crippen LogP contribution in [0, 0.1) is 11.2 Å². The van der Waals surface area contributed by atoms with Gasteiger partial charge >= 0.3 is 12.1 Å². The number of imide groups is 2. The normalized spacial score (nSPS) is 23.6. The first-order valence-electron chi connectivity index (χ1n) is 12.8. The van der Waals surface area contributed by atoms with Gasteiger partial charge in [0.05, 0.1) is 24.5 Å². The molecule has 0 bridgehead atoms. The zero-order valence-corrected chi connectivity index (χ0v) is 22.2. The lowest BCUT2D eigenvalue weighted by Crippen LogP contribution is -2.70.